The second-order valence-corrected chi connectivity index (χ2v) is 7.62. The highest BCUT2D eigenvalue weighted by molar-refractivity contribution is 7.90. The van der Waals surface area contributed by atoms with Crippen LogP contribution in [0, 0.1) is 18.6 Å². The van der Waals surface area contributed by atoms with Crippen LogP contribution in [0.4, 0.5) is 13.2 Å². The van der Waals surface area contributed by atoms with Crippen LogP contribution >= 0.6 is 0 Å². The third kappa shape index (κ3) is 3.22. The number of hydrogen-bond acceptors (Lipinski definition) is 5. The van der Waals surface area contributed by atoms with E-state index in [-0.39, 0.29) is 22.6 Å². The topological polar surface area (TPSA) is 73.1 Å². The first kappa shape index (κ1) is 18.1. The molecule has 0 aliphatic rings. The molecule has 5 nitrogen and oxygen atoms in total. The molecule has 0 amide bonds. The molecule has 3 rings (SSSR count). The zero-order valence-corrected chi connectivity index (χ0v) is 14.6. The van der Waals surface area contributed by atoms with E-state index >= 15 is 0 Å². The summed E-state index contributed by atoms with van der Waals surface area (Å²) in [6.07, 6.45) is 0.697. The number of alkyl halides is 1. The van der Waals surface area contributed by atoms with Crippen LogP contribution in [0.1, 0.15) is 11.5 Å². The quantitative estimate of drug-likeness (QED) is 0.685. The molecule has 9 heteroatoms. The molecule has 0 spiro atoms. The molecule has 136 valence electrons. The van der Waals surface area contributed by atoms with Crippen LogP contribution < -0.4 is 0 Å². The Morgan fingerprint density at radius 2 is 1.81 bits per heavy atom. The van der Waals surface area contributed by atoms with E-state index in [1.165, 1.54) is 0 Å². The van der Waals surface area contributed by atoms with E-state index in [1.807, 2.05) is 0 Å². The van der Waals surface area contributed by atoms with Crippen LogP contribution in [0.3, 0.4) is 0 Å². The number of aryl methyl sites for hydroxylation is 1. The van der Waals surface area contributed by atoms with Crippen molar-refractivity contribution in [2.75, 3.05) is 6.26 Å². The summed E-state index contributed by atoms with van der Waals surface area (Å²) in [7, 11) is -4.11. The predicted molar refractivity (Wildman–Crippen MR) is 87.7 cm³/mol. The first-order chi connectivity index (χ1) is 12.2. The van der Waals surface area contributed by atoms with Crippen molar-refractivity contribution in [3.63, 3.8) is 0 Å². The zero-order chi connectivity index (χ0) is 19.1. The average Bonchev–Trinajstić information content (AvgIpc) is 2.96. The summed E-state index contributed by atoms with van der Waals surface area (Å²) in [5.41, 5.74) is 1.01. The Kier molecular flexibility index (Phi) is 4.57. The van der Waals surface area contributed by atoms with Crippen molar-refractivity contribution < 1.29 is 26.1 Å². The molecule has 1 aromatic carbocycles. The van der Waals surface area contributed by atoms with Crippen LogP contribution in [-0.4, -0.2) is 24.8 Å². The van der Waals surface area contributed by atoms with Gasteiger partial charge in [-0.2, -0.15) is 0 Å². The van der Waals surface area contributed by atoms with Crippen molar-refractivity contribution >= 4 is 9.84 Å². The Morgan fingerprint density at radius 3 is 2.35 bits per heavy atom. The predicted octanol–water partition coefficient (Wildman–Crippen LogP) is 3.86. The summed E-state index contributed by atoms with van der Waals surface area (Å²) in [5, 5.41) is 3.76. The van der Waals surface area contributed by atoms with Crippen LogP contribution in [0.15, 0.2) is 39.8 Å². The molecular formula is C17H13F3N2O3S. The molecular weight excluding hydrogens is 369 g/mol. The monoisotopic (exact) mass is 382 g/mol. The van der Waals surface area contributed by atoms with Gasteiger partial charge in [0.15, 0.2) is 22.3 Å². The maximum Gasteiger partial charge on any atom is 0.181 e. The molecule has 2 aromatic heterocycles. The molecule has 0 aliphatic heterocycles. The molecule has 0 atom stereocenters. The minimum Gasteiger partial charge on any atom is -0.357 e. The molecule has 0 unspecified atom stereocenters. The molecule has 3 aromatic rings. The molecule has 0 radical (unpaired) electrons. The number of hydrogen-bond donors (Lipinski definition) is 0. The Bertz CT molecular complexity index is 1070. The maximum atomic E-state index is 14.3. The van der Waals surface area contributed by atoms with Gasteiger partial charge in [-0.05, 0) is 36.8 Å². The van der Waals surface area contributed by atoms with E-state index in [0.29, 0.717) is 17.6 Å². The lowest BCUT2D eigenvalue weighted by Crippen LogP contribution is -2.05. The number of rotatable bonds is 4. The minimum absolute atomic E-state index is 0.0171. The fourth-order valence-corrected chi connectivity index (χ4v) is 3.45. The van der Waals surface area contributed by atoms with Crippen molar-refractivity contribution in [2.24, 2.45) is 0 Å². The maximum absolute atomic E-state index is 14.3. The van der Waals surface area contributed by atoms with Gasteiger partial charge in [0.05, 0.1) is 11.3 Å². The van der Waals surface area contributed by atoms with Gasteiger partial charge in [0.25, 0.3) is 0 Å². The summed E-state index contributed by atoms with van der Waals surface area (Å²) < 4.78 is 69.8. The van der Waals surface area contributed by atoms with Gasteiger partial charge < -0.3 is 4.52 Å². The molecule has 0 saturated heterocycles. The molecule has 0 bridgehead atoms. The second kappa shape index (κ2) is 6.56. The van der Waals surface area contributed by atoms with Gasteiger partial charge in [0.1, 0.15) is 22.2 Å². The largest absolute Gasteiger partial charge is 0.357 e. The van der Waals surface area contributed by atoms with Crippen LogP contribution in [0.2, 0.25) is 0 Å². The van der Waals surface area contributed by atoms with Crippen molar-refractivity contribution in [3.05, 3.63) is 53.4 Å². The number of sulfone groups is 1. The Balaban J connectivity index is 2.26. The average molecular weight is 382 g/mol. The molecule has 0 N–H and O–H groups in total. The smallest absolute Gasteiger partial charge is 0.181 e. The van der Waals surface area contributed by atoms with Gasteiger partial charge in [0, 0.05) is 11.9 Å². The van der Waals surface area contributed by atoms with E-state index < -0.39 is 33.0 Å². The minimum atomic E-state index is -4.11. The third-order valence-corrected chi connectivity index (χ3v) is 4.80. The fraction of sp³-hybridized carbons (Fsp3) is 0.176. The van der Waals surface area contributed by atoms with Crippen molar-refractivity contribution in [1.29, 1.82) is 0 Å². The van der Waals surface area contributed by atoms with Crippen molar-refractivity contribution in [3.8, 4) is 22.5 Å². The number of pyridine rings is 1. The molecule has 26 heavy (non-hydrogen) atoms. The standard InChI is InChI=1S/C17H13F3N2O3S/c1-9-4-3-5-13(21-9)16-15(14(8-18)25-22-16)10-6-11(19)17(12(20)7-10)26(2,23)24/h3-7H,8H2,1-2H3. The van der Waals surface area contributed by atoms with Gasteiger partial charge in [-0.25, -0.2) is 21.6 Å². The first-order valence-electron chi connectivity index (χ1n) is 7.40. The van der Waals surface area contributed by atoms with Crippen LogP contribution in [0.25, 0.3) is 22.5 Å². The number of nitrogens with zero attached hydrogens (tertiary/aromatic N) is 2. The van der Waals surface area contributed by atoms with Crippen molar-refractivity contribution in [2.45, 2.75) is 18.5 Å². The SMILES string of the molecule is Cc1cccc(-c2noc(CF)c2-c2cc(F)c(S(C)(=O)=O)c(F)c2)n1. The Labute approximate surface area is 147 Å². The molecule has 0 saturated carbocycles. The van der Waals surface area contributed by atoms with Crippen LogP contribution in [0.5, 0.6) is 0 Å². The lowest BCUT2D eigenvalue weighted by Gasteiger charge is -2.08. The van der Waals surface area contributed by atoms with Crippen LogP contribution in [-0.2, 0) is 16.5 Å². The van der Waals surface area contributed by atoms with Crippen molar-refractivity contribution in [1.82, 2.24) is 10.1 Å². The Morgan fingerprint density at radius 1 is 1.15 bits per heavy atom. The second-order valence-electron chi connectivity index (χ2n) is 5.67. The van der Waals surface area contributed by atoms with E-state index in [0.717, 1.165) is 12.1 Å². The lowest BCUT2D eigenvalue weighted by atomic mass is 10.0. The fourth-order valence-electron chi connectivity index (χ4n) is 2.62. The van der Waals surface area contributed by atoms with E-state index in [2.05, 4.69) is 10.1 Å². The summed E-state index contributed by atoms with van der Waals surface area (Å²) in [6, 6.07) is 6.64. The number of benzene rings is 1. The summed E-state index contributed by atoms with van der Waals surface area (Å²) in [4.78, 5) is 3.20. The van der Waals surface area contributed by atoms with E-state index in [9.17, 15) is 21.6 Å². The number of halogens is 3. The van der Waals surface area contributed by atoms with Gasteiger partial charge in [-0.3, -0.25) is 4.98 Å². The molecule has 2 heterocycles. The summed E-state index contributed by atoms with van der Waals surface area (Å²) in [6.45, 7) is 0.671. The third-order valence-electron chi connectivity index (χ3n) is 3.67. The van der Waals surface area contributed by atoms with Gasteiger partial charge in [-0.15, -0.1) is 0 Å². The van der Waals surface area contributed by atoms with Gasteiger partial charge in [-0.1, -0.05) is 11.2 Å². The lowest BCUT2D eigenvalue weighted by molar-refractivity contribution is 0.332. The first-order valence-corrected chi connectivity index (χ1v) is 9.29. The van der Waals surface area contributed by atoms with Gasteiger partial charge >= 0.3 is 0 Å². The van der Waals surface area contributed by atoms with E-state index in [1.54, 1.807) is 25.1 Å². The normalized spacial score (nSPS) is 11.7. The number of aromatic nitrogens is 2. The van der Waals surface area contributed by atoms with E-state index in [4.69, 9.17) is 4.52 Å². The Hall–Kier alpha value is -2.68. The zero-order valence-electron chi connectivity index (χ0n) is 13.8. The summed E-state index contributed by atoms with van der Waals surface area (Å²) >= 11 is 0. The highest BCUT2D eigenvalue weighted by Crippen LogP contribution is 2.36. The highest BCUT2D eigenvalue weighted by Gasteiger charge is 2.25. The molecule has 0 fully saturated rings. The summed E-state index contributed by atoms with van der Waals surface area (Å²) in [5.74, 6) is -2.80. The van der Waals surface area contributed by atoms with Gasteiger partial charge in [0.2, 0.25) is 0 Å². The highest BCUT2D eigenvalue weighted by atomic mass is 32.2. The molecule has 0 aliphatic carbocycles.